The molecule has 1 aliphatic heterocycles. The van der Waals surface area contributed by atoms with Crippen molar-refractivity contribution in [1.82, 2.24) is 4.31 Å². The maximum absolute atomic E-state index is 13.0. The predicted molar refractivity (Wildman–Crippen MR) is 112 cm³/mol. The summed E-state index contributed by atoms with van der Waals surface area (Å²) in [6.45, 7) is 0.498. The van der Waals surface area contributed by atoms with Crippen LogP contribution in [-0.2, 0) is 10.0 Å². The summed E-state index contributed by atoms with van der Waals surface area (Å²) in [5, 5.41) is 0. The smallest absolute Gasteiger partial charge is 0.248 e. The van der Waals surface area contributed by atoms with Crippen LogP contribution in [0.3, 0.4) is 0 Å². The van der Waals surface area contributed by atoms with Gasteiger partial charge in [0.25, 0.3) is 0 Å². The van der Waals surface area contributed by atoms with E-state index < -0.39 is 15.9 Å². The van der Waals surface area contributed by atoms with E-state index in [9.17, 15) is 13.2 Å². The molecule has 8 nitrogen and oxygen atoms in total. The molecule has 0 radical (unpaired) electrons. The van der Waals surface area contributed by atoms with Gasteiger partial charge >= 0.3 is 0 Å². The van der Waals surface area contributed by atoms with E-state index in [2.05, 4.69) is 0 Å². The Labute approximate surface area is 175 Å². The number of hydrogen-bond donors (Lipinski definition) is 1. The predicted octanol–water partition coefficient (Wildman–Crippen LogP) is 2.29. The third-order valence-electron chi connectivity index (χ3n) is 4.98. The van der Waals surface area contributed by atoms with Crippen LogP contribution < -0.4 is 19.9 Å². The molecule has 2 aromatic rings. The molecule has 2 aromatic carbocycles. The van der Waals surface area contributed by atoms with Gasteiger partial charge in [-0.2, -0.15) is 4.31 Å². The van der Waals surface area contributed by atoms with Crippen LogP contribution in [-0.4, -0.2) is 53.0 Å². The summed E-state index contributed by atoms with van der Waals surface area (Å²) in [6.07, 6.45) is 2.34. The lowest BCUT2D eigenvalue weighted by molar-refractivity contribution is 0.1000. The number of nitrogens with zero attached hydrogens (tertiary/aromatic N) is 1. The van der Waals surface area contributed by atoms with Gasteiger partial charge in [-0.3, -0.25) is 4.79 Å². The fourth-order valence-electron chi connectivity index (χ4n) is 3.36. The number of nitrogens with two attached hydrogens (primary N) is 1. The largest absolute Gasteiger partial charge is 0.496 e. The zero-order valence-corrected chi connectivity index (χ0v) is 17.9. The molecule has 0 unspecified atom stereocenters. The number of carbonyl (C=O) groups is 1. The van der Waals surface area contributed by atoms with E-state index >= 15 is 0 Å². The summed E-state index contributed by atoms with van der Waals surface area (Å²) in [7, 11) is 0.990. The third kappa shape index (κ3) is 4.12. The van der Waals surface area contributed by atoms with Gasteiger partial charge in [0.2, 0.25) is 15.9 Å². The van der Waals surface area contributed by atoms with Gasteiger partial charge < -0.3 is 19.9 Å². The van der Waals surface area contributed by atoms with Gasteiger partial charge in [0, 0.05) is 30.8 Å². The zero-order chi connectivity index (χ0) is 21.9. The Morgan fingerprint density at radius 2 is 1.60 bits per heavy atom. The average Bonchev–Trinajstić information content (AvgIpc) is 2.78. The normalized spacial score (nSPS) is 14.7. The molecule has 160 valence electrons. The summed E-state index contributed by atoms with van der Waals surface area (Å²) in [5.41, 5.74) is 7.19. The van der Waals surface area contributed by atoms with E-state index in [0.717, 1.165) is 11.1 Å². The molecule has 1 heterocycles. The van der Waals surface area contributed by atoms with Crippen LogP contribution in [0.25, 0.3) is 5.57 Å². The molecule has 0 fully saturated rings. The Morgan fingerprint density at radius 1 is 1.00 bits per heavy atom. The van der Waals surface area contributed by atoms with Crippen molar-refractivity contribution in [3.05, 3.63) is 53.6 Å². The number of amides is 1. The van der Waals surface area contributed by atoms with E-state index in [4.69, 9.17) is 19.9 Å². The first-order valence-corrected chi connectivity index (χ1v) is 10.6. The second-order valence-electron chi connectivity index (χ2n) is 6.64. The lowest BCUT2D eigenvalue weighted by Crippen LogP contribution is -2.34. The number of carbonyl (C=O) groups excluding carboxylic acids is 1. The van der Waals surface area contributed by atoms with Crippen LogP contribution in [0.15, 0.2) is 47.4 Å². The molecule has 0 aliphatic carbocycles. The Hall–Kier alpha value is -3.04. The van der Waals surface area contributed by atoms with E-state index in [-0.39, 0.29) is 17.0 Å². The maximum atomic E-state index is 13.0. The molecule has 0 bridgehead atoms. The van der Waals surface area contributed by atoms with Gasteiger partial charge in [0.05, 0.1) is 31.8 Å². The topological polar surface area (TPSA) is 108 Å². The van der Waals surface area contributed by atoms with Gasteiger partial charge in [-0.1, -0.05) is 6.08 Å². The third-order valence-corrected chi connectivity index (χ3v) is 6.86. The second kappa shape index (κ2) is 8.76. The van der Waals surface area contributed by atoms with Crippen LogP contribution >= 0.6 is 0 Å². The minimum absolute atomic E-state index is 0.115. The van der Waals surface area contributed by atoms with Crippen molar-refractivity contribution in [3.63, 3.8) is 0 Å². The number of hydrogen-bond acceptors (Lipinski definition) is 6. The minimum Gasteiger partial charge on any atom is -0.496 e. The van der Waals surface area contributed by atoms with Gasteiger partial charge in [-0.25, -0.2) is 8.42 Å². The number of sulfonamides is 1. The molecule has 0 spiro atoms. The molecule has 0 aromatic heterocycles. The van der Waals surface area contributed by atoms with Crippen molar-refractivity contribution in [2.75, 3.05) is 34.4 Å². The van der Waals surface area contributed by atoms with Crippen molar-refractivity contribution in [2.45, 2.75) is 11.3 Å². The molecule has 9 heteroatoms. The Kier molecular flexibility index (Phi) is 6.33. The summed E-state index contributed by atoms with van der Waals surface area (Å²) >= 11 is 0. The number of ether oxygens (including phenoxy) is 3. The van der Waals surface area contributed by atoms with Crippen molar-refractivity contribution >= 4 is 21.5 Å². The van der Waals surface area contributed by atoms with Crippen molar-refractivity contribution in [3.8, 4) is 17.2 Å². The van der Waals surface area contributed by atoms with Crippen molar-refractivity contribution < 1.29 is 27.4 Å². The molecule has 1 amide bonds. The number of benzene rings is 2. The van der Waals surface area contributed by atoms with Crippen LogP contribution in [0.1, 0.15) is 22.3 Å². The highest BCUT2D eigenvalue weighted by Gasteiger charge is 2.28. The molecule has 3 rings (SSSR count). The first-order valence-electron chi connectivity index (χ1n) is 9.21. The molecule has 0 saturated heterocycles. The average molecular weight is 432 g/mol. The molecule has 0 atom stereocenters. The molecule has 1 aliphatic rings. The van der Waals surface area contributed by atoms with Crippen LogP contribution in [0.2, 0.25) is 0 Å². The quantitative estimate of drug-likeness (QED) is 0.719. The van der Waals surface area contributed by atoms with Crippen molar-refractivity contribution in [2.24, 2.45) is 5.73 Å². The van der Waals surface area contributed by atoms with Crippen LogP contribution in [0, 0.1) is 0 Å². The molecule has 30 heavy (non-hydrogen) atoms. The highest BCUT2D eigenvalue weighted by Crippen LogP contribution is 2.41. The van der Waals surface area contributed by atoms with E-state index in [0.29, 0.717) is 30.2 Å². The maximum Gasteiger partial charge on any atom is 0.248 e. The fraction of sp³-hybridized carbons (Fsp3) is 0.286. The number of methoxy groups -OCH3 is 3. The van der Waals surface area contributed by atoms with Gasteiger partial charge in [-0.05, 0) is 36.3 Å². The summed E-state index contributed by atoms with van der Waals surface area (Å²) < 4.78 is 43.6. The van der Waals surface area contributed by atoms with Gasteiger partial charge in [-0.15, -0.1) is 0 Å². The van der Waals surface area contributed by atoms with Crippen LogP contribution in [0.4, 0.5) is 0 Å². The number of primary amides is 1. The Morgan fingerprint density at radius 3 is 2.03 bits per heavy atom. The van der Waals surface area contributed by atoms with Crippen LogP contribution in [0.5, 0.6) is 17.2 Å². The highest BCUT2D eigenvalue weighted by molar-refractivity contribution is 7.89. The summed E-state index contributed by atoms with van der Waals surface area (Å²) in [5.74, 6) is 1.19. The monoisotopic (exact) mass is 432 g/mol. The molecule has 2 N–H and O–H groups in total. The second-order valence-corrected chi connectivity index (χ2v) is 8.58. The lowest BCUT2D eigenvalue weighted by atomic mass is 9.98. The van der Waals surface area contributed by atoms with E-state index in [1.54, 1.807) is 33.5 Å². The van der Waals surface area contributed by atoms with E-state index in [1.807, 2.05) is 6.08 Å². The standard InChI is InChI=1S/C21H24N2O6S/c1-27-16-12-18(28-2)20(19(13-16)29-3)14-8-10-23(11-9-14)30(25,26)17-6-4-15(5-7-17)21(22)24/h4-8,12-13H,9-11H2,1-3H3,(H2,22,24). The van der Waals surface area contributed by atoms with Crippen molar-refractivity contribution in [1.29, 1.82) is 0 Å². The van der Waals surface area contributed by atoms with Gasteiger partial charge in [0.15, 0.2) is 0 Å². The first kappa shape index (κ1) is 21.7. The zero-order valence-electron chi connectivity index (χ0n) is 17.0. The van der Waals surface area contributed by atoms with E-state index in [1.165, 1.54) is 28.6 Å². The highest BCUT2D eigenvalue weighted by atomic mass is 32.2. The molecular formula is C21H24N2O6S. The molecular weight excluding hydrogens is 408 g/mol. The molecule has 0 saturated carbocycles. The minimum atomic E-state index is -3.70. The lowest BCUT2D eigenvalue weighted by Gasteiger charge is -2.27. The number of rotatable bonds is 7. The Balaban J connectivity index is 1.89. The van der Waals surface area contributed by atoms with Gasteiger partial charge in [0.1, 0.15) is 17.2 Å². The fourth-order valence-corrected chi connectivity index (χ4v) is 4.74. The summed E-state index contributed by atoms with van der Waals surface area (Å²) in [6, 6.07) is 9.14. The Bertz CT molecular complexity index is 1050. The SMILES string of the molecule is COc1cc(OC)c(C2=CCN(S(=O)(=O)c3ccc(C(N)=O)cc3)CC2)c(OC)c1. The summed E-state index contributed by atoms with van der Waals surface area (Å²) in [4.78, 5) is 11.3. The first-order chi connectivity index (χ1) is 14.3.